The van der Waals surface area contributed by atoms with E-state index >= 15 is 0 Å². The summed E-state index contributed by atoms with van der Waals surface area (Å²) < 4.78 is 0. The normalized spacial score (nSPS) is 25.7. The molecule has 2 unspecified atom stereocenters. The van der Waals surface area contributed by atoms with E-state index in [-0.39, 0.29) is 36.3 Å². The number of urea groups is 1. The van der Waals surface area contributed by atoms with Gasteiger partial charge in [-0.3, -0.25) is 0 Å². The van der Waals surface area contributed by atoms with Crippen LogP contribution in [0, 0.1) is 0 Å². The summed E-state index contributed by atoms with van der Waals surface area (Å²) in [6.45, 7) is 4.26. The summed E-state index contributed by atoms with van der Waals surface area (Å²) in [5.74, 6) is 0.482. The molecule has 1 aliphatic carbocycles. The summed E-state index contributed by atoms with van der Waals surface area (Å²) in [4.78, 5) is 32.4. The summed E-state index contributed by atoms with van der Waals surface area (Å²) >= 11 is 0. The molecule has 44 heavy (non-hydrogen) atoms. The summed E-state index contributed by atoms with van der Waals surface area (Å²) in [7, 11) is 1.84. The van der Waals surface area contributed by atoms with Gasteiger partial charge in [0.2, 0.25) is 0 Å². The molecule has 7 nitrogen and oxygen atoms in total. The van der Waals surface area contributed by atoms with E-state index in [1.807, 2.05) is 48.3 Å². The number of hydrogen-bond donors (Lipinski definition) is 1. The van der Waals surface area contributed by atoms with Crippen molar-refractivity contribution < 1.29 is 9.59 Å². The fourth-order valence-electron chi connectivity index (χ4n) is 7.21. The van der Waals surface area contributed by atoms with Gasteiger partial charge in [-0.05, 0) is 0 Å². The first-order valence-electron chi connectivity index (χ1n) is 15.6. The number of nitrogens with zero attached hydrogens (tertiary/aromatic N) is 4. The molecule has 8 heteroatoms. The van der Waals surface area contributed by atoms with E-state index < -0.39 is 6.17 Å². The molecule has 0 spiro atoms. The summed E-state index contributed by atoms with van der Waals surface area (Å²) in [6.07, 6.45) is 8.19. The van der Waals surface area contributed by atoms with Gasteiger partial charge in [-0.15, -0.1) is 0 Å². The zero-order chi connectivity index (χ0) is 30.0. The second kappa shape index (κ2) is 12.3. The summed E-state index contributed by atoms with van der Waals surface area (Å²) in [5.41, 5.74) is 6.00. The van der Waals surface area contributed by atoms with Gasteiger partial charge in [0.25, 0.3) is 0 Å². The van der Waals surface area contributed by atoms with Crippen molar-refractivity contribution in [3.05, 3.63) is 131 Å². The average molecular weight is 584 g/mol. The Balaban J connectivity index is 1.28. The SMILES string of the molecule is CN1CC(=O)N2[C@@H](Cc3ccccc3)/C3=B\C4C=CC(=CC4)C(c4ccccc4)CN3C[C@@H]2N1C(=O)NCc1ccccc1. The number of fused-ring (bicyclic) bond motifs is 3. The number of carbonyl (C=O) groups excluding carboxylic acids is 2. The van der Waals surface area contributed by atoms with Crippen LogP contribution in [0.3, 0.4) is 0 Å². The van der Waals surface area contributed by atoms with Crippen molar-refractivity contribution in [2.24, 2.45) is 0 Å². The first kappa shape index (κ1) is 28.4. The number of carbonyl (C=O) groups is 2. The van der Waals surface area contributed by atoms with E-state index in [9.17, 15) is 9.59 Å². The third-order valence-corrected chi connectivity index (χ3v) is 9.37. The van der Waals surface area contributed by atoms with Gasteiger partial charge in [0.15, 0.2) is 0 Å². The van der Waals surface area contributed by atoms with E-state index in [4.69, 9.17) is 0 Å². The van der Waals surface area contributed by atoms with Crippen LogP contribution in [0.15, 0.2) is 115 Å². The Labute approximate surface area is 260 Å². The molecule has 2 fully saturated rings. The van der Waals surface area contributed by atoms with Crippen molar-refractivity contribution in [2.75, 3.05) is 26.7 Å². The number of amides is 3. The van der Waals surface area contributed by atoms with E-state index in [0.717, 1.165) is 18.5 Å². The molecular weight excluding hydrogens is 545 g/mol. The van der Waals surface area contributed by atoms with Gasteiger partial charge in [-0.25, -0.2) is 0 Å². The van der Waals surface area contributed by atoms with Gasteiger partial charge in [-0.2, -0.15) is 0 Å². The molecule has 5 aliphatic rings. The summed E-state index contributed by atoms with van der Waals surface area (Å²) in [5, 5.41) is 6.69. The molecule has 4 heterocycles. The van der Waals surface area contributed by atoms with Gasteiger partial charge in [0.1, 0.15) is 0 Å². The summed E-state index contributed by atoms with van der Waals surface area (Å²) in [6, 6.07) is 30.7. The first-order chi connectivity index (χ1) is 21.5. The molecule has 2 bridgehead atoms. The number of nitrogens with one attached hydrogen (secondary N) is 1. The molecule has 2 saturated heterocycles. The van der Waals surface area contributed by atoms with Gasteiger partial charge >= 0.3 is 261 Å². The molecular formula is C36H38BN5O2. The van der Waals surface area contributed by atoms with Crippen LogP contribution < -0.4 is 5.32 Å². The van der Waals surface area contributed by atoms with E-state index in [1.54, 1.807) is 10.0 Å². The minimum atomic E-state index is -0.445. The third kappa shape index (κ3) is 5.62. The number of hydrogen-bond acceptors (Lipinski definition) is 4. The predicted molar refractivity (Wildman–Crippen MR) is 175 cm³/mol. The standard InChI is InChI=1S/C36H38BN5O2/c1-39-25-34(43)41-32(21-26-11-5-2-6-12-26)35-37-30-19-17-29(18-20-30)31(28-15-9-4-10-16-28)23-40(35)24-33(41)42(39)36(44)38-22-27-13-7-3-8-14-27/h2-19,30-33H,20-25H2,1H3,(H,38,44)/t30?,31?,32-,33-/m0/s1. The maximum atomic E-state index is 14.0. The van der Waals surface area contributed by atoms with Crippen molar-refractivity contribution in [2.45, 2.75) is 43.3 Å². The van der Waals surface area contributed by atoms with E-state index in [1.165, 1.54) is 22.3 Å². The molecule has 0 radical (unpaired) electrons. The number of piperazine rings is 1. The van der Waals surface area contributed by atoms with Crippen molar-refractivity contribution in [3.63, 3.8) is 0 Å². The number of benzene rings is 3. The van der Waals surface area contributed by atoms with Gasteiger partial charge in [0, 0.05) is 0 Å². The number of allylic oxidation sites excluding steroid dienone is 3. The van der Waals surface area contributed by atoms with Crippen LogP contribution in [0.2, 0.25) is 5.82 Å². The number of hydrazine groups is 1. The molecule has 0 saturated carbocycles. The Morgan fingerprint density at radius 1 is 0.909 bits per heavy atom. The van der Waals surface area contributed by atoms with Crippen LogP contribution in [0.25, 0.3) is 0 Å². The Hall–Kier alpha value is -4.43. The minimum absolute atomic E-state index is 0.0475. The van der Waals surface area contributed by atoms with Crippen LogP contribution in [-0.2, 0) is 17.8 Å². The molecule has 4 atom stereocenters. The zero-order valence-electron chi connectivity index (χ0n) is 25.1. The Morgan fingerprint density at radius 2 is 1.59 bits per heavy atom. The third-order valence-electron chi connectivity index (χ3n) is 9.37. The molecule has 3 aromatic carbocycles. The fourth-order valence-corrected chi connectivity index (χ4v) is 7.21. The van der Waals surface area contributed by atoms with E-state index in [2.05, 4.69) is 90.0 Å². The Kier molecular flexibility index (Phi) is 7.92. The zero-order valence-corrected chi connectivity index (χ0v) is 25.1. The second-order valence-corrected chi connectivity index (χ2v) is 12.2. The first-order valence-corrected chi connectivity index (χ1v) is 15.6. The Bertz CT molecular complexity index is 1590. The van der Waals surface area contributed by atoms with Crippen molar-refractivity contribution in [1.29, 1.82) is 0 Å². The predicted octanol–water partition coefficient (Wildman–Crippen LogP) is 4.45. The van der Waals surface area contributed by atoms with Crippen molar-refractivity contribution >= 4 is 24.4 Å². The number of likely N-dealkylation sites (N-methyl/N-ethyl adjacent to an activating group) is 1. The maximum absolute atomic E-state index is 14.0. The monoisotopic (exact) mass is 583 g/mol. The van der Waals surface area contributed by atoms with Gasteiger partial charge < -0.3 is 0 Å². The molecule has 0 aromatic heterocycles. The molecule has 4 aliphatic heterocycles. The molecule has 3 aromatic rings. The van der Waals surface area contributed by atoms with Gasteiger partial charge in [0.05, 0.1) is 0 Å². The molecule has 222 valence electrons. The average Bonchev–Trinajstić information content (AvgIpc) is 3.17. The quantitative estimate of drug-likeness (QED) is 0.452. The van der Waals surface area contributed by atoms with Crippen LogP contribution in [0.5, 0.6) is 0 Å². The number of rotatable bonds is 5. The van der Waals surface area contributed by atoms with Crippen LogP contribution in [0.1, 0.15) is 29.0 Å². The van der Waals surface area contributed by atoms with Crippen LogP contribution in [-0.4, -0.2) is 83.2 Å². The molecule has 1 N–H and O–H groups in total. The Morgan fingerprint density at radius 3 is 2.27 bits per heavy atom. The fraction of sp³-hybridized carbons (Fsp3) is 0.306. The van der Waals surface area contributed by atoms with Crippen LogP contribution >= 0.6 is 0 Å². The molecule has 3 amide bonds. The van der Waals surface area contributed by atoms with Crippen molar-refractivity contribution in [1.82, 2.24) is 25.1 Å². The van der Waals surface area contributed by atoms with Crippen LogP contribution in [0.4, 0.5) is 4.79 Å². The molecule has 8 rings (SSSR count). The van der Waals surface area contributed by atoms with E-state index in [0.29, 0.717) is 19.5 Å². The van der Waals surface area contributed by atoms with Crippen molar-refractivity contribution in [3.8, 4) is 0 Å². The van der Waals surface area contributed by atoms with Gasteiger partial charge in [-0.1, -0.05) is 0 Å². The topological polar surface area (TPSA) is 59.1 Å². The second-order valence-electron chi connectivity index (χ2n) is 12.2.